The predicted octanol–water partition coefficient (Wildman–Crippen LogP) is 2.24. The minimum atomic E-state index is 0.241. The Kier molecular flexibility index (Phi) is 1.63. The van der Waals surface area contributed by atoms with Crippen LogP contribution in [0.15, 0.2) is 24.3 Å². The number of benzene rings is 1. The highest BCUT2D eigenvalue weighted by Crippen LogP contribution is 2.28. The zero-order chi connectivity index (χ0) is 10.4. The van der Waals surface area contributed by atoms with Gasteiger partial charge in [0.05, 0.1) is 12.8 Å². The SMILES string of the molecule is COc1ccc2c(c1)cc1n2CCC1=O. The molecule has 0 spiro atoms. The zero-order valence-electron chi connectivity index (χ0n) is 8.49. The average molecular weight is 201 g/mol. The molecule has 0 saturated heterocycles. The van der Waals surface area contributed by atoms with Gasteiger partial charge in [-0.3, -0.25) is 4.79 Å². The Balaban J connectivity index is 2.29. The van der Waals surface area contributed by atoms with Crippen LogP contribution < -0.4 is 4.74 Å². The monoisotopic (exact) mass is 201 g/mol. The number of aryl methyl sites for hydroxylation is 1. The zero-order valence-corrected chi connectivity index (χ0v) is 8.49. The molecule has 2 heterocycles. The number of methoxy groups -OCH3 is 1. The second-order valence-electron chi connectivity index (χ2n) is 3.78. The molecule has 1 aromatic heterocycles. The van der Waals surface area contributed by atoms with Crippen molar-refractivity contribution in [3.05, 3.63) is 30.0 Å². The molecular formula is C12H11NO2. The van der Waals surface area contributed by atoms with E-state index in [0.717, 1.165) is 28.9 Å². The fraction of sp³-hybridized carbons (Fsp3) is 0.250. The van der Waals surface area contributed by atoms with Crippen LogP contribution in [0, 0.1) is 0 Å². The van der Waals surface area contributed by atoms with E-state index in [9.17, 15) is 4.79 Å². The minimum absolute atomic E-state index is 0.241. The van der Waals surface area contributed by atoms with Crippen molar-refractivity contribution in [2.24, 2.45) is 0 Å². The largest absolute Gasteiger partial charge is 0.497 e. The number of ketones is 1. The fourth-order valence-corrected chi connectivity index (χ4v) is 2.19. The standard InChI is InChI=1S/C12H11NO2/c1-15-9-2-3-10-8(6-9)7-11-12(14)4-5-13(10)11/h2-3,6-7H,4-5H2,1H3. The first-order valence-electron chi connectivity index (χ1n) is 5.00. The molecule has 1 aliphatic heterocycles. The Morgan fingerprint density at radius 3 is 3.00 bits per heavy atom. The Bertz CT molecular complexity index is 554. The number of nitrogens with zero attached hydrogens (tertiary/aromatic N) is 1. The van der Waals surface area contributed by atoms with Gasteiger partial charge in [0.15, 0.2) is 5.78 Å². The minimum Gasteiger partial charge on any atom is -0.497 e. The van der Waals surface area contributed by atoms with Crippen LogP contribution in [0.25, 0.3) is 10.9 Å². The highest BCUT2D eigenvalue weighted by Gasteiger charge is 2.21. The summed E-state index contributed by atoms with van der Waals surface area (Å²) in [6, 6.07) is 7.86. The Labute approximate surface area is 87.3 Å². The van der Waals surface area contributed by atoms with Crippen LogP contribution in [0.2, 0.25) is 0 Å². The van der Waals surface area contributed by atoms with E-state index in [4.69, 9.17) is 4.74 Å². The summed E-state index contributed by atoms with van der Waals surface area (Å²) in [5.41, 5.74) is 1.95. The third kappa shape index (κ3) is 1.09. The summed E-state index contributed by atoms with van der Waals surface area (Å²) < 4.78 is 7.24. The van der Waals surface area contributed by atoms with Crippen molar-refractivity contribution in [1.29, 1.82) is 0 Å². The van der Waals surface area contributed by atoms with E-state index in [0.29, 0.717) is 6.42 Å². The third-order valence-electron chi connectivity index (χ3n) is 2.96. The first-order valence-corrected chi connectivity index (χ1v) is 5.00. The maximum Gasteiger partial charge on any atom is 0.181 e. The van der Waals surface area contributed by atoms with E-state index >= 15 is 0 Å². The maximum atomic E-state index is 11.5. The van der Waals surface area contributed by atoms with Crippen molar-refractivity contribution in [3.8, 4) is 5.75 Å². The van der Waals surface area contributed by atoms with Gasteiger partial charge in [0.1, 0.15) is 5.75 Å². The van der Waals surface area contributed by atoms with Gasteiger partial charge >= 0.3 is 0 Å². The number of hydrogen-bond donors (Lipinski definition) is 0. The van der Waals surface area contributed by atoms with Gasteiger partial charge in [-0.15, -0.1) is 0 Å². The van der Waals surface area contributed by atoms with E-state index in [1.54, 1.807) is 7.11 Å². The molecule has 76 valence electrons. The van der Waals surface area contributed by atoms with E-state index in [1.807, 2.05) is 24.3 Å². The molecule has 15 heavy (non-hydrogen) atoms. The molecule has 3 heteroatoms. The number of Topliss-reactive ketones (excluding diaryl/α,β-unsaturated/α-hetero) is 1. The van der Waals surface area contributed by atoms with Gasteiger partial charge in [0.2, 0.25) is 0 Å². The Morgan fingerprint density at radius 1 is 1.33 bits per heavy atom. The van der Waals surface area contributed by atoms with Gasteiger partial charge in [-0.05, 0) is 24.3 Å². The van der Waals surface area contributed by atoms with Gasteiger partial charge in [0.25, 0.3) is 0 Å². The van der Waals surface area contributed by atoms with E-state index < -0.39 is 0 Å². The summed E-state index contributed by atoms with van der Waals surface area (Å²) in [6.07, 6.45) is 0.636. The number of carbonyl (C=O) groups is 1. The first-order chi connectivity index (χ1) is 7.29. The van der Waals surface area contributed by atoms with Gasteiger partial charge in [-0.1, -0.05) is 0 Å². The smallest absolute Gasteiger partial charge is 0.181 e. The molecule has 0 atom stereocenters. The highest BCUT2D eigenvalue weighted by atomic mass is 16.5. The van der Waals surface area contributed by atoms with Crippen molar-refractivity contribution in [1.82, 2.24) is 4.57 Å². The number of hydrogen-bond acceptors (Lipinski definition) is 2. The van der Waals surface area contributed by atoms with Crippen LogP contribution in [0.4, 0.5) is 0 Å². The lowest BCUT2D eigenvalue weighted by Crippen LogP contribution is -1.91. The van der Waals surface area contributed by atoms with Gasteiger partial charge in [0, 0.05) is 23.9 Å². The lowest BCUT2D eigenvalue weighted by Gasteiger charge is -2.01. The molecule has 0 saturated carbocycles. The normalized spacial score (nSPS) is 14.6. The Hall–Kier alpha value is -1.77. The van der Waals surface area contributed by atoms with Crippen molar-refractivity contribution in [2.75, 3.05) is 7.11 Å². The molecule has 0 fully saturated rings. The van der Waals surface area contributed by atoms with Crippen LogP contribution in [0.3, 0.4) is 0 Å². The molecule has 0 amide bonds. The van der Waals surface area contributed by atoms with Gasteiger partial charge in [-0.25, -0.2) is 0 Å². The van der Waals surface area contributed by atoms with Crippen molar-refractivity contribution < 1.29 is 9.53 Å². The van der Waals surface area contributed by atoms with Gasteiger partial charge in [-0.2, -0.15) is 0 Å². The van der Waals surface area contributed by atoms with Crippen LogP contribution in [0.1, 0.15) is 16.9 Å². The number of fused-ring (bicyclic) bond motifs is 3. The van der Waals surface area contributed by atoms with E-state index in [1.165, 1.54) is 0 Å². The summed E-state index contributed by atoms with van der Waals surface area (Å²) in [4.78, 5) is 11.5. The van der Waals surface area contributed by atoms with Crippen LogP contribution in [-0.2, 0) is 6.54 Å². The molecule has 0 radical (unpaired) electrons. The molecule has 1 aliphatic rings. The molecule has 0 bridgehead atoms. The van der Waals surface area contributed by atoms with E-state index in [-0.39, 0.29) is 5.78 Å². The molecular weight excluding hydrogens is 190 g/mol. The fourth-order valence-electron chi connectivity index (χ4n) is 2.19. The predicted molar refractivity (Wildman–Crippen MR) is 57.4 cm³/mol. The molecule has 1 aromatic carbocycles. The molecule has 3 rings (SSSR count). The Morgan fingerprint density at radius 2 is 2.20 bits per heavy atom. The lowest BCUT2D eigenvalue weighted by molar-refractivity contribution is 0.0994. The van der Waals surface area contributed by atoms with Crippen LogP contribution >= 0.6 is 0 Å². The van der Waals surface area contributed by atoms with Crippen LogP contribution in [-0.4, -0.2) is 17.5 Å². The van der Waals surface area contributed by atoms with Crippen LogP contribution in [0.5, 0.6) is 5.75 Å². The molecule has 0 unspecified atom stereocenters. The van der Waals surface area contributed by atoms with Crippen molar-refractivity contribution in [2.45, 2.75) is 13.0 Å². The second-order valence-corrected chi connectivity index (χ2v) is 3.78. The first kappa shape index (κ1) is 8.53. The average Bonchev–Trinajstić information content (AvgIpc) is 2.78. The number of carbonyl (C=O) groups excluding carboxylic acids is 1. The summed E-state index contributed by atoms with van der Waals surface area (Å²) in [6.45, 7) is 0.810. The summed E-state index contributed by atoms with van der Waals surface area (Å²) >= 11 is 0. The molecule has 0 aliphatic carbocycles. The van der Waals surface area contributed by atoms with Crippen molar-refractivity contribution >= 4 is 16.7 Å². The molecule has 2 aromatic rings. The summed E-state index contributed by atoms with van der Waals surface area (Å²) in [5.74, 6) is 1.07. The van der Waals surface area contributed by atoms with E-state index in [2.05, 4.69) is 4.57 Å². The lowest BCUT2D eigenvalue weighted by atomic mass is 10.2. The number of ether oxygens (including phenoxy) is 1. The molecule has 3 nitrogen and oxygen atoms in total. The summed E-state index contributed by atoms with van der Waals surface area (Å²) in [7, 11) is 1.65. The number of rotatable bonds is 1. The maximum absolute atomic E-state index is 11.5. The number of aromatic nitrogens is 1. The highest BCUT2D eigenvalue weighted by molar-refractivity contribution is 6.02. The molecule has 0 N–H and O–H groups in total. The summed E-state index contributed by atoms with van der Waals surface area (Å²) in [5, 5.41) is 1.08. The van der Waals surface area contributed by atoms with Crippen molar-refractivity contribution in [3.63, 3.8) is 0 Å². The second kappa shape index (κ2) is 2.86. The third-order valence-corrected chi connectivity index (χ3v) is 2.96. The topological polar surface area (TPSA) is 31.2 Å². The quantitative estimate of drug-likeness (QED) is 0.708. The van der Waals surface area contributed by atoms with Gasteiger partial charge < -0.3 is 9.30 Å².